The van der Waals surface area contributed by atoms with E-state index in [4.69, 9.17) is 5.26 Å². The second-order valence-electron chi connectivity index (χ2n) is 4.51. The number of nitrogens with one attached hydrogen (secondary N) is 1. The maximum Gasteiger partial charge on any atom is 0.120 e. The van der Waals surface area contributed by atoms with Gasteiger partial charge in [0.25, 0.3) is 0 Å². The maximum atomic E-state index is 8.90. The van der Waals surface area contributed by atoms with E-state index in [1.165, 1.54) is 9.75 Å². The quantitative estimate of drug-likeness (QED) is 0.916. The molecule has 1 unspecified atom stereocenters. The van der Waals surface area contributed by atoms with E-state index in [2.05, 4.69) is 37.4 Å². The molecule has 2 rings (SSSR count). The van der Waals surface area contributed by atoms with Gasteiger partial charge in [0.15, 0.2) is 0 Å². The summed E-state index contributed by atoms with van der Waals surface area (Å²) in [7, 11) is 1.90. The van der Waals surface area contributed by atoms with Crippen LogP contribution in [0.2, 0.25) is 0 Å². The van der Waals surface area contributed by atoms with Gasteiger partial charge in [-0.1, -0.05) is 0 Å². The minimum atomic E-state index is 0.342. The van der Waals surface area contributed by atoms with Crippen molar-refractivity contribution in [2.45, 2.75) is 26.4 Å². The van der Waals surface area contributed by atoms with Crippen LogP contribution in [0.3, 0.4) is 0 Å². The molecule has 0 aliphatic carbocycles. The number of aromatic nitrogens is 1. The first-order valence-electron chi connectivity index (χ1n) is 5.95. The van der Waals surface area contributed by atoms with Crippen LogP contribution in [0, 0.1) is 18.3 Å². The van der Waals surface area contributed by atoms with E-state index in [1.807, 2.05) is 35.2 Å². The van der Waals surface area contributed by atoms with Gasteiger partial charge in [-0.3, -0.25) is 0 Å². The van der Waals surface area contributed by atoms with Crippen LogP contribution >= 0.6 is 11.3 Å². The van der Waals surface area contributed by atoms with Crippen molar-refractivity contribution in [3.05, 3.63) is 45.4 Å². The van der Waals surface area contributed by atoms with Gasteiger partial charge in [0, 0.05) is 35.6 Å². The highest BCUT2D eigenvalue weighted by molar-refractivity contribution is 7.12. The Kier molecular flexibility index (Phi) is 3.85. The van der Waals surface area contributed by atoms with Gasteiger partial charge < -0.3 is 9.88 Å². The number of nitriles is 1. The fourth-order valence-electron chi connectivity index (χ4n) is 1.90. The van der Waals surface area contributed by atoms with Gasteiger partial charge in [0.1, 0.15) is 11.8 Å². The number of thiophene rings is 1. The van der Waals surface area contributed by atoms with Gasteiger partial charge in [-0.15, -0.1) is 11.3 Å². The van der Waals surface area contributed by atoms with Crippen LogP contribution in [0.4, 0.5) is 0 Å². The Morgan fingerprint density at radius 1 is 1.50 bits per heavy atom. The predicted octanol–water partition coefficient (Wildman–Crippen LogP) is 3.12. The molecule has 1 N–H and O–H groups in total. The van der Waals surface area contributed by atoms with Gasteiger partial charge in [-0.05, 0) is 37.6 Å². The highest BCUT2D eigenvalue weighted by Crippen LogP contribution is 2.22. The first kappa shape index (κ1) is 12.9. The molecular weight excluding hydrogens is 242 g/mol. The Hall–Kier alpha value is -1.57. The Morgan fingerprint density at radius 2 is 2.28 bits per heavy atom. The molecule has 0 saturated heterocycles. The normalized spacial score (nSPS) is 12.3. The molecule has 2 heterocycles. The second kappa shape index (κ2) is 5.38. The van der Waals surface area contributed by atoms with Crippen LogP contribution in [-0.4, -0.2) is 4.57 Å². The van der Waals surface area contributed by atoms with Gasteiger partial charge in [0.05, 0.1) is 0 Å². The van der Waals surface area contributed by atoms with Crippen molar-refractivity contribution < 1.29 is 0 Å². The van der Waals surface area contributed by atoms with E-state index in [-0.39, 0.29) is 0 Å². The van der Waals surface area contributed by atoms with Crippen LogP contribution in [0.5, 0.6) is 0 Å². The molecule has 0 bridgehead atoms. The van der Waals surface area contributed by atoms with Gasteiger partial charge in [-0.2, -0.15) is 5.26 Å². The third-order valence-corrected chi connectivity index (χ3v) is 4.16. The molecule has 0 fully saturated rings. The molecule has 0 amide bonds. The molecule has 0 aliphatic rings. The maximum absolute atomic E-state index is 8.90. The number of nitrogens with zero attached hydrogens (tertiary/aromatic N) is 2. The summed E-state index contributed by atoms with van der Waals surface area (Å²) in [5.41, 5.74) is 1.85. The molecule has 1 atom stereocenters. The minimum Gasteiger partial charge on any atom is -0.342 e. The molecule has 0 aliphatic heterocycles. The van der Waals surface area contributed by atoms with Gasteiger partial charge >= 0.3 is 0 Å². The first-order chi connectivity index (χ1) is 8.60. The van der Waals surface area contributed by atoms with Crippen molar-refractivity contribution in [2.75, 3.05) is 0 Å². The van der Waals surface area contributed by atoms with E-state index in [0.717, 1.165) is 12.1 Å². The van der Waals surface area contributed by atoms with Crippen molar-refractivity contribution >= 4 is 11.3 Å². The summed E-state index contributed by atoms with van der Waals surface area (Å²) in [5, 5.41) is 12.4. The Balaban J connectivity index is 1.97. The van der Waals surface area contributed by atoms with Crippen molar-refractivity contribution in [1.29, 1.82) is 5.26 Å². The molecule has 0 saturated carbocycles. The molecule has 0 radical (unpaired) electrons. The van der Waals surface area contributed by atoms with Crippen LogP contribution in [-0.2, 0) is 13.6 Å². The number of aryl methyl sites for hydroxylation is 2. The lowest BCUT2D eigenvalue weighted by molar-refractivity contribution is 0.582. The average molecular weight is 259 g/mol. The zero-order valence-electron chi connectivity index (χ0n) is 10.9. The summed E-state index contributed by atoms with van der Waals surface area (Å²) in [6.07, 6.45) is 2.00. The Morgan fingerprint density at radius 3 is 2.83 bits per heavy atom. The first-order valence-corrected chi connectivity index (χ1v) is 6.77. The zero-order valence-corrected chi connectivity index (χ0v) is 11.7. The molecule has 2 aromatic rings. The summed E-state index contributed by atoms with van der Waals surface area (Å²) >= 11 is 1.82. The highest BCUT2D eigenvalue weighted by atomic mass is 32.1. The van der Waals surface area contributed by atoms with E-state index in [1.54, 1.807) is 0 Å². The molecule has 18 heavy (non-hydrogen) atoms. The largest absolute Gasteiger partial charge is 0.342 e. The summed E-state index contributed by atoms with van der Waals surface area (Å²) in [4.78, 5) is 2.69. The molecule has 3 nitrogen and oxygen atoms in total. The van der Waals surface area contributed by atoms with E-state index >= 15 is 0 Å². The summed E-state index contributed by atoms with van der Waals surface area (Å²) < 4.78 is 1.86. The van der Waals surface area contributed by atoms with E-state index in [9.17, 15) is 0 Å². The lowest BCUT2D eigenvalue weighted by Crippen LogP contribution is -2.16. The van der Waals surface area contributed by atoms with E-state index in [0.29, 0.717) is 11.7 Å². The molecule has 2 aromatic heterocycles. The van der Waals surface area contributed by atoms with Crippen LogP contribution in [0.15, 0.2) is 24.4 Å². The molecular formula is C14H17N3S. The summed E-state index contributed by atoms with van der Waals surface area (Å²) in [5.74, 6) is 0. The predicted molar refractivity (Wildman–Crippen MR) is 74.4 cm³/mol. The second-order valence-corrected chi connectivity index (χ2v) is 5.83. The lowest BCUT2D eigenvalue weighted by Gasteiger charge is -2.10. The van der Waals surface area contributed by atoms with Crippen molar-refractivity contribution in [3.63, 3.8) is 0 Å². The standard InChI is InChI=1S/C14H17N3S/c1-10-4-5-14(18-10)11(2)16-8-12-6-13(7-15)17(3)9-12/h4-6,9,11,16H,8H2,1-3H3. The number of hydrogen-bond acceptors (Lipinski definition) is 3. The molecule has 94 valence electrons. The molecule has 0 spiro atoms. The topological polar surface area (TPSA) is 40.8 Å². The highest BCUT2D eigenvalue weighted by Gasteiger charge is 2.08. The van der Waals surface area contributed by atoms with Crippen LogP contribution in [0.25, 0.3) is 0 Å². The van der Waals surface area contributed by atoms with Crippen molar-refractivity contribution in [1.82, 2.24) is 9.88 Å². The number of rotatable bonds is 4. The molecule has 0 aromatic carbocycles. The fraction of sp³-hybridized carbons (Fsp3) is 0.357. The third-order valence-electron chi connectivity index (χ3n) is 2.98. The Bertz CT molecular complexity index is 574. The van der Waals surface area contributed by atoms with Gasteiger partial charge in [-0.25, -0.2) is 0 Å². The third kappa shape index (κ3) is 2.81. The van der Waals surface area contributed by atoms with Crippen molar-refractivity contribution in [3.8, 4) is 6.07 Å². The fourth-order valence-corrected chi connectivity index (χ4v) is 2.80. The Labute approximate surface area is 112 Å². The monoisotopic (exact) mass is 259 g/mol. The summed E-state index contributed by atoms with van der Waals surface area (Å²) in [6, 6.07) is 8.76. The zero-order chi connectivity index (χ0) is 13.1. The summed E-state index contributed by atoms with van der Waals surface area (Å²) in [6.45, 7) is 5.07. The smallest absolute Gasteiger partial charge is 0.120 e. The van der Waals surface area contributed by atoms with Crippen LogP contribution in [0.1, 0.15) is 34.0 Å². The minimum absolute atomic E-state index is 0.342. The SMILES string of the molecule is Cc1ccc(C(C)NCc2cc(C#N)n(C)c2)s1. The van der Waals surface area contributed by atoms with Crippen molar-refractivity contribution in [2.24, 2.45) is 7.05 Å². The average Bonchev–Trinajstić information content (AvgIpc) is 2.92. The lowest BCUT2D eigenvalue weighted by atomic mass is 10.2. The molecule has 4 heteroatoms. The van der Waals surface area contributed by atoms with E-state index < -0.39 is 0 Å². The van der Waals surface area contributed by atoms with Gasteiger partial charge in [0.2, 0.25) is 0 Å². The van der Waals surface area contributed by atoms with Crippen LogP contribution < -0.4 is 5.32 Å². The number of hydrogen-bond donors (Lipinski definition) is 1.